The number of aryl methyl sites for hydroxylation is 1. The van der Waals surface area contributed by atoms with Crippen LogP contribution in [-0.4, -0.2) is 11.9 Å². The number of nitrogens with one attached hydrogen (secondary N) is 1. The fraction of sp³-hybridized carbons (Fsp3) is 0.235. The van der Waals surface area contributed by atoms with Crippen molar-refractivity contribution in [3.8, 4) is 5.75 Å². The first-order valence-electron chi connectivity index (χ1n) is 7.14. The number of nitrogens with two attached hydrogens (primary N) is 1. The largest absolute Gasteiger partial charge is 0.480 e. The number of rotatable bonds is 2. The number of anilines is 2. The van der Waals surface area contributed by atoms with Gasteiger partial charge in [-0.1, -0.05) is 24.6 Å². The molecule has 108 valence electrons. The summed E-state index contributed by atoms with van der Waals surface area (Å²) in [6.07, 6.45) is 0.782. The normalized spacial score (nSPS) is 16.7. The summed E-state index contributed by atoms with van der Waals surface area (Å²) >= 11 is 0. The molecule has 3 rings (SSSR count). The van der Waals surface area contributed by atoms with Crippen molar-refractivity contribution in [1.82, 2.24) is 0 Å². The summed E-state index contributed by atoms with van der Waals surface area (Å²) in [6.45, 7) is 4.15. The first-order chi connectivity index (χ1) is 10.2. The number of fused-ring (bicyclic) bond motifs is 1. The fourth-order valence-electron chi connectivity index (χ4n) is 2.30. The van der Waals surface area contributed by atoms with E-state index >= 15 is 0 Å². The van der Waals surface area contributed by atoms with Crippen LogP contribution in [0.1, 0.15) is 18.9 Å². The van der Waals surface area contributed by atoms with Crippen molar-refractivity contribution >= 4 is 22.9 Å². The quantitative estimate of drug-likeness (QED) is 0.821. The molecule has 4 nitrogen and oxygen atoms in total. The molecular formula is C17H19N3O. The van der Waals surface area contributed by atoms with Gasteiger partial charge in [-0.15, -0.1) is 0 Å². The van der Waals surface area contributed by atoms with Gasteiger partial charge in [-0.2, -0.15) is 0 Å². The molecule has 3 N–H and O–H groups in total. The average Bonchev–Trinajstić information content (AvgIpc) is 2.49. The minimum absolute atomic E-state index is 0.0672. The molecule has 1 heterocycles. The van der Waals surface area contributed by atoms with Crippen molar-refractivity contribution in [2.24, 2.45) is 4.99 Å². The van der Waals surface area contributed by atoms with E-state index in [1.54, 1.807) is 0 Å². The number of benzene rings is 2. The first-order valence-corrected chi connectivity index (χ1v) is 7.14. The maximum absolute atomic E-state index is 6.00. The van der Waals surface area contributed by atoms with Gasteiger partial charge in [0.15, 0.2) is 6.10 Å². The zero-order valence-corrected chi connectivity index (χ0v) is 12.3. The van der Waals surface area contributed by atoms with E-state index in [0.717, 1.165) is 29.4 Å². The maximum atomic E-state index is 6.00. The van der Waals surface area contributed by atoms with Crippen molar-refractivity contribution in [3.05, 3.63) is 48.0 Å². The number of nitrogen functional groups attached to an aromatic ring is 1. The summed E-state index contributed by atoms with van der Waals surface area (Å²) in [5, 5.41) is 3.35. The number of aliphatic imine (C=N–C) groups is 1. The minimum Gasteiger partial charge on any atom is -0.480 e. The zero-order valence-electron chi connectivity index (χ0n) is 12.3. The summed E-state index contributed by atoms with van der Waals surface area (Å²) in [4.78, 5) is 4.68. The Morgan fingerprint density at radius 1 is 1.19 bits per heavy atom. The molecule has 0 spiro atoms. The van der Waals surface area contributed by atoms with Crippen LogP contribution in [0.4, 0.5) is 17.1 Å². The Labute approximate surface area is 124 Å². The smallest absolute Gasteiger partial charge is 0.156 e. The molecule has 1 atom stereocenters. The van der Waals surface area contributed by atoms with Crippen LogP contribution >= 0.6 is 0 Å². The SMILES string of the molecule is CCC1Oc2ccc(N)cc2N=C1Nc1ccc(C)cc1. The Morgan fingerprint density at radius 3 is 2.67 bits per heavy atom. The topological polar surface area (TPSA) is 59.6 Å². The lowest BCUT2D eigenvalue weighted by atomic mass is 10.1. The van der Waals surface area contributed by atoms with E-state index < -0.39 is 0 Å². The van der Waals surface area contributed by atoms with E-state index in [9.17, 15) is 0 Å². The first kappa shape index (κ1) is 13.5. The van der Waals surface area contributed by atoms with Gasteiger partial charge in [0.05, 0.1) is 0 Å². The van der Waals surface area contributed by atoms with Crippen LogP contribution < -0.4 is 15.8 Å². The Hall–Kier alpha value is -2.49. The van der Waals surface area contributed by atoms with Gasteiger partial charge in [0.25, 0.3) is 0 Å². The van der Waals surface area contributed by atoms with E-state index in [1.165, 1.54) is 5.56 Å². The number of hydrogen-bond donors (Lipinski definition) is 2. The molecule has 0 fully saturated rings. The average molecular weight is 281 g/mol. The van der Waals surface area contributed by atoms with Gasteiger partial charge in [-0.3, -0.25) is 0 Å². The highest BCUT2D eigenvalue weighted by atomic mass is 16.5. The van der Waals surface area contributed by atoms with Crippen molar-refractivity contribution in [1.29, 1.82) is 0 Å². The van der Waals surface area contributed by atoms with Crippen LogP contribution in [0.3, 0.4) is 0 Å². The lowest BCUT2D eigenvalue weighted by Crippen LogP contribution is -2.34. The second-order valence-corrected chi connectivity index (χ2v) is 5.23. The molecule has 0 aromatic heterocycles. The molecule has 2 aromatic rings. The van der Waals surface area contributed by atoms with Gasteiger partial charge in [0, 0.05) is 11.4 Å². The third-order valence-corrected chi connectivity index (χ3v) is 3.49. The zero-order chi connectivity index (χ0) is 14.8. The molecule has 0 radical (unpaired) electrons. The molecule has 0 aliphatic carbocycles. The van der Waals surface area contributed by atoms with E-state index in [2.05, 4.69) is 36.3 Å². The van der Waals surface area contributed by atoms with Crippen molar-refractivity contribution < 1.29 is 4.74 Å². The molecule has 1 aliphatic heterocycles. The summed E-state index contributed by atoms with van der Waals surface area (Å²) in [5.41, 5.74) is 9.51. The van der Waals surface area contributed by atoms with Gasteiger partial charge in [-0.05, 0) is 43.7 Å². The molecule has 2 aromatic carbocycles. The Bertz CT molecular complexity index is 677. The highest BCUT2D eigenvalue weighted by Crippen LogP contribution is 2.35. The molecular weight excluding hydrogens is 262 g/mol. The maximum Gasteiger partial charge on any atom is 0.156 e. The summed E-state index contributed by atoms with van der Waals surface area (Å²) in [5.74, 6) is 1.60. The van der Waals surface area contributed by atoms with Gasteiger partial charge in [-0.25, -0.2) is 4.99 Å². The minimum atomic E-state index is -0.0672. The van der Waals surface area contributed by atoms with E-state index in [-0.39, 0.29) is 6.10 Å². The summed E-state index contributed by atoms with van der Waals surface area (Å²) in [6, 6.07) is 13.8. The molecule has 1 aliphatic rings. The predicted molar refractivity (Wildman–Crippen MR) is 87.5 cm³/mol. The molecule has 4 heteroatoms. The van der Waals surface area contributed by atoms with Crippen LogP contribution in [0.5, 0.6) is 5.75 Å². The van der Waals surface area contributed by atoms with Crippen molar-refractivity contribution in [2.45, 2.75) is 26.4 Å². The molecule has 0 bridgehead atoms. The molecule has 1 unspecified atom stereocenters. The molecule has 0 saturated heterocycles. The van der Waals surface area contributed by atoms with E-state index in [0.29, 0.717) is 5.69 Å². The third-order valence-electron chi connectivity index (χ3n) is 3.49. The summed E-state index contributed by atoms with van der Waals surface area (Å²) in [7, 11) is 0. The fourth-order valence-corrected chi connectivity index (χ4v) is 2.30. The van der Waals surface area contributed by atoms with Crippen LogP contribution in [-0.2, 0) is 0 Å². The van der Waals surface area contributed by atoms with Crippen molar-refractivity contribution in [3.63, 3.8) is 0 Å². The Balaban J connectivity index is 1.92. The number of hydrogen-bond acceptors (Lipinski definition) is 4. The third kappa shape index (κ3) is 2.84. The van der Waals surface area contributed by atoms with Crippen molar-refractivity contribution in [2.75, 3.05) is 11.1 Å². The van der Waals surface area contributed by atoms with Gasteiger partial charge < -0.3 is 15.8 Å². The van der Waals surface area contributed by atoms with Gasteiger partial charge in [0.2, 0.25) is 0 Å². The highest BCUT2D eigenvalue weighted by Gasteiger charge is 2.23. The highest BCUT2D eigenvalue weighted by molar-refractivity contribution is 6.02. The van der Waals surface area contributed by atoms with Gasteiger partial charge in [0.1, 0.15) is 17.3 Å². The molecule has 0 amide bonds. The molecule has 0 saturated carbocycles. The second-order valence-electron chi connectivity index (χ2n) is 5.23. The predicted octanol–water partition coefficient (Wildman–Crippen LogP) is 3.89. The molecule has 21 heavy (non-hydrogen) atoms. The Kier molecular flexibility index (Phi) is 3.52. The number of nitrogens with zero attached hydrogens (tertiary/aromatic N) is 1. The van der Waals surface area contributed by atoms with E-state index in [4.69, 9.17) is 10.5 Å². The van der Waals surface area contributed by atoms with Crippen LogP contribution in [0, 0.1) is 6.92 Å². The number of amidine groups is 1. The van der Waals surface area contributed by atoms with Gasteiger partial charge >= 0.3 is 0 Å². The second kappa shape index (κ2) is 5.48. The standard InChI is InChI=1S/C17H19N3O/c1-3-15-17(19-13-7-4-11(2)5-8-13)20-14-10-12(18)6-9-16(14)21-15/h4-10,15H,3,18H2,1-2H3,(H,19,20). The number of ether oxygens (including phenoxy) is 1. The summed E-state index contributed by atoms with van der Waals surface area (Å²) < 4.78 is 6.00. The lowest BCUT2D eigenvalue weighted by molar-refractivity contribution is 0.259. The Morgan fingerprint density at radius 2 is 1.95 bits per heavy atom. The van der Waals surface area contributed by atoms with Crippen LogP contribution in [0.2, 0.25) is 0 Å². The van der Waals surface area contributed by atoms with Crippen LogP contribution in [0.15, 0.2) is 47.5 Å². The van der Waals surface area contributed by atoms with Crippen LogP contribution in [0.25, 0.3) is 0 Å². The lowest BCUT2D eigenvalue weighted by Gasteiger charge is -2.26. The van der Waals surface area contributed by atoms with E-state index in [1.807, 2.05) is 30.3 Å². The monoisotopic (exact) mass is 281 g/mol.